The molecular formula is C17H14N4O3S. The lowest BCUT2D eigenvalue weighted by atomic mass is 9.96. The number of thiazole rings is 1. The molecule has 25 heavy (non-hydrogen) atoms. The van der Waals surface area contributed by atoms with Gasteiger partial charge in [-0.05, 0) is 25.0 Å². The molecule has 1 aliphatic carbocycles. The number of fused-ring (bicyclic) bond motifs is 2. The van der Waals surface area contributed by atoms with Gasteiger partial charge in [-0.3, -0.25) is 14.9 Å². The average Bonchev–Trinajstić information content (AvgIpc) is 3.03. The number of rotatable bonds is 4. The van der Waals surface area contributed by atoms with Crippen LogP contribution in [0.1, 0.15) is 28.9 Å². The summed E-state index contributed by atoms with van der Waals surface area (Å²) in [4.78, 5) is 36.4. The highest BCUT2D eigenvalue weighted by Gasteiger charge is 2.20. The molecule has 0 unspecified atom stereocenters. The van der Waals surface area contributed by atoms with Crippen molar-refractivity contribution < 1.29 is 14.3 Å². The number of nitrogens with one attached hydrogen (secondary N) is 1. The highest BCUT2D eigenvalue weighted by molar-refractivity contribution is 7.20. The maximum Gasteiger partial charge on any atom is 0.274 e. The molecule has 126 valence electrons. The number of hydrogen-bond donors (Lipinski definition) is 1. The van der Waals surface area contributed by atoms with Crippen LogP contribution in [0.2, 0.25) is 0 Å². The number of carbonyl (C=O) groups excluding carboxylic acids is 2. The number of aryl methyl sites for hydroxylation is 1. The van der Waals surface area contributed by atoms with Crippen LogP contribution in [-0.2, 0) is 11.2 Å². The summed E-state index contributed by atoms with van der Waals surface area (Å²) in [5.41, 5.74) is 2.08. The van der Waals surface area contributed by atoms with Crippen molar-refractivity contribution in [3.63, 3.8) is 0 Å². The fourth-order valence-electron chi connectivity index (χ4n) is 2.65. The van der Waals surface area contributed by atoms with Gasteiger partial charge < -0.3 is 4.74 Å². The van der Waals surface area contributed by atoms with Crippen molar-refractivity contribution >= 4 is 39.2 Å². The summed E-state index contributed by atoms with van der Waals surface area (Å²) in [6.07, 6.45) is 3.50. The Morgan fingerprint density at radius 2 is 2.12 bits per heavy atom. The van der Waals surface area contributed by atoms with E-state index < -0.39 is 0 Å². The van der Waals surface area contributed by atoms with Crippen molar-refractivity contribution in [3.8, 4) is 5.19 Å². The Morgan fingerprint density at radius 3 is 3.00 bits per heavy atom. The van der Waals surface area contributed by atoms with Crippen LogP contribution in [0.5, 0.6) is 5.19 Å². The van der Waals surface area contributed by atoms with Gasteiger partial charge in [0.1, 0.15) is 0 Å². The molecule has 7 nitrogen and oxygen atoms in total. The van der Waals surface area contributed by atoms with E-state index in [1.54, 1.807) is 0 Å². The van der Waals surface area contributed by atoms with Crippen molar-refractivity contribution in [2.45, 2.75) is 19.3 Å². The van der Waals surface area contributed by atoms with Gasteiger partial charge in [-0.2, -0.15) is 0 Å². The number of hydrogen-bond acceptors (Lipinski definition) is 7. The van der Waals surface area contributed by atoms with E-state index in [0.29, 0.717) is 29.3 Å². The minimum Gasteiger partial charge on any atom is -0.460 e. The average molecular weight is 354 g/mol. The highest BCUT2D eigenvalue weighted by Crippen LogP contribution is 2.27. The van der Waals surface area contributed by atoms with Crippen LogP contribution in [0.25, 0.3) is 10.2 Å². The molecule has 2 aromatic heterocycles. The quantitative estimate of drug-likeness (QED) is 0.774. The van der Waals surface area contributed by atoms with Crippen LogP contribution in [0.15, 0.2) is 30.5 Å². The van der Waals surface area contributed by atoms with Gasteiger partial charge in [0.05, 0.1) is 21.5 Å². The third-order valence-electron chi connectivity index (χ3n) is 3.84. The van der Waals surface area contributed by atoms with E-state index in [9.17, 15) is 9.59 Å². The number of Topliss-reactive ketones (excluding diaryl/α,β-unsaturated/α-hetero) is 1. The van der Waals surface area contributed by atoms with Gasteiger partial charge >= 0.3 is 0 Å². The third-order valence-corrected chi connectivity index (χ3v) is 4.79. The van der Waals surface area contributed by atoms with Crippen LogP contribution in [0.3, 0.4) is 0 Å². The molecule has 2 heterocycles. The first-order chi connectivity index (χ1) is 12.2. The molecular weight excluding hydrogens is 340 g/mol. The molecule has 0 spiro atoms. The Kier molecular flexibility index (Phi) is 4.10. The second kappa shape index (κ2) is 6.56. The van der Waals surface area contributed by atoms with Gasteiger partial charge in [0.25, 0.3) is 11.1 Å². The maximum atomic E-state index is 12.0. The Hall–Kier alpha value is -2.87. The van der Waals surface area contributed by atoms with E-state index >= 15 is 0 Å². The Bertz CT molecular complexity index is 936. The largest absolute Gasteiger partial charge is 0.460 e. The number of ketones is 1. The number of amides is 1. The summed E-state index contributed by atoms with van der Waals surface area (Å²) >= 11 is 1.38. The third kappa shape index (κ3) is 3.34. The van der Waals surface area contributed by atoms with E-state index in [2.05, 4.69) is 20.3 Å². The molecule has 0 atom stereocenters. The Morgan fingerprint density at radius 1 is 1.24 bits per heavy atom. The molecule has 1 aromatic carbocycles. The van der Waals surface area contributed by atoms with Gasteiger partial charge in [0, 0.05) is 12.6 Å². The molecule has 0 saturated heterocycles. The number of benzene rings is 1. The fraction of sp³-hybridized carbons (Fsp3) is 0.235. The number of nitrogens with zero attached hydrogens (tertiary/aromatic N) is 3. The monoisotopic (exact) mass is 354 g/mol. The predicted molar refractivity (Wildman–Crippen MR) is 93.0 cm³/mol. The molecule has 1 amide bonds. The summed E-state index contributed by atoms with van der Waals surface area (Å²) in [6, 6.07) is 7.66. The lowest BCUT2D eigenvalue weighted by molar-refractivity contribution is -0.118. The van der Waals surface area contributed by atoms with Crippen LogP contribution in [0, 0.1) is 0 Å². The first-order valence-corrected chi connectivity index (χ1v) is 8.68. The van der Waals surface area contributed by atoms with Crippen LogP contribution in [-0.4, -0.2) is 33.2 Å². The molecule has 4 rings (SSSR count). The minimum absolute atomic E-state index is 0.0540. The zero-order chi connectivity index (χ0) is 17.2. The lowest BCUT2D eigenvalue weighted by Crippen LogP contribution is -2.23. The Labute approximate surface area is 147 Å². The lowest BCUT2D eigenvalue weighted by Gasteiger charge is -2.13. The molecule has 0 aliphatic heterocycles. The Balaban J connectivity index is 1.39. The van der Waals surface area contributed by atoms with Crippen molar-refractivity contribution in [1.29, 1.82) is 0 Å². The van der Waals surface area contributed by atoms with Crippen LogP contribution in [0.4, 0.5) is 5.95 Å². The molecule has 3 aromatic rings. The molecule has 0 saturated carbocycles. The van der Waals surface area contributed by atoms with Crippen LogP contribution < -0.4 is 10.1 Å². The van der Waals surface area contributed by atoms with Crippen molar-refractivity contribution in [2.24, 2.45) is 0 Å². The molecule has 8 heteroatoms. The van der Waals surface area contributed by atoms with Crippen molar-refractivity contribution in [2.75, 3.05) is 11.9 Å². The van der Waals surface area contributed by atoms with E-state index in [1.165, 1.54) is 17.5 Å². The summed E-state index contributed by atoms with van der Waals surface area (Å²) in [5, 5.41) is 3.03. The van der Waals surface area contributed by atoms with Gasteiger partial charge in [-0.15, -0.1) is 0 Å². The second-order valence-corrected chi connectivity index (χ2v) is 6.61. The highest BCUT2D eigenvalue weighted by atomic mass is 32.1. The van der Waals surface area contributed by atoms with Crippen molar-refractivity contribution in [1.82, 2.24) is 15.0 Å². The van der Waals surface area contributed by atoms with Gasteiger partial charge in [0.2, 0.25) is 5.95 Å². The van der Waals surface area contributed by atoms with E-state index in [1.807, 2.05) is 24.3 Å². The van der Waals surface area contributed by atoms with Gasteiger partial charge in [-0.25, -0.2) is 15.0 Å². The topological polar surface area (TPSA) is 94.1 Å². The fourth-order valence-corrected chi connectivity index (χ4v) is 3.47. The summed E-state index contributed by atoms with van der Waals surface area (Å²) in [6.45, 7) is -0.181. The SMILES string of the molecule is O=C(COc1nc2ccccc2s1)Nc1ncc2c(n1)CCCC2=O. The summed E-state index contributed by atoms with van der Waals surface area (Å²) < 4.78 is 6.44. The van der Waals surface area contributed by atoms with E-state index in [4.69, 9.17) is 4.74 Å². The smallest absolute Gasteiger partial charge is 0.274 e. The standard InChI is InChI=1S/C17H14N4O3S/c22-13-6-3-5-11-10(13)8-18-16(19-11)21-15(23)9-24-17-20-12-4-1-2-7-14(12)25-17/h1-2,4,7-8H,3,5-6,9H2,(H,18,19,21,23). The predicted octanol–water partition coefficient (Wildman–Crippen LogP) is 2.62. The van der Waals surface area contributed by atoms with Crippen LogP contribution >= 0.6 is 11.3 Å². The molecule has 0 radical (unpaired) electrons. The summed E-state index contributed by atoms with van der Waals surface area (Å²) in [5.74, 6) is -0.133. The van der Waals surface area contributed by atoms with Crippen molar-refractivity contribution in [3.05, 3.63) is 41.7 Å². The number of para-hydroxylation sites is 1. The zero-order valence-electron chi connectivity index (χ0n) is 13.2. The zero-order valence-corrected chi connectivity index (χ0v) is 14.0. The van der Waals surface area contributed by atoms with Gasteiger partial charge in [0.15, 0.2) is 12.4 Å². The number of anilines is 1. The summed E-state index contributed by atoms with van der Waals surface area (Å²) in [7, 11) is 0. The normalized spacial score (nSPS) is 13.5. The molecule has 1 N–H and O–H groups in total. The maximum absolute atomic E-state index is 12.0. The molecule has 1 aliphatic rings. The number of ether oxygens (including phenoxy) is 1. The van der Waals surface area contributed by atoms with Gasteiger partial charge in [-0.1, -0.05) is 23.5 Å². The number of aromatic nitrogens is 3. The molecule has 0 bridgehead atoms. The first kappa shape index (κ1) is 15.6. The minimum atomic E-state index is -0.374. The van der Waals surface area contributed by atoms with E-state index in [0.717, 1.165) is 16.6 Å². The number of carbonyl (C=O) groups is 2. The first-order valence-electron chi connectivity index (χ1n) is 7.86. The van der Waals surface area contributed by atoms with E-state index in [-0.39, 0.29) is 24.2 Å². The molecule has 0 fully saturated rings. The second-order valence-electron chi connectivity index (χ2n) is 5.62.